The fourth-order valence-electron chi connectivity index (χ4n) is 4.14. The number of anilines is 1. The normalized spacial score (nSPS) is 16.2. The highest BCUT2D eigenvalue weighted by Gasteiger charge is 2.36. The lowest BCUT2D eigenvalue weighted by molar-refractivity contribution is -0.130. The van der Waals surface area contributed by atoms with Crippen molar-refractivity contribution in [1.29, 1.82) is 5.26 Å². The van der Waals surface area contributed by atoms with Crippen LogP contribution in [0.3, 0.4) is 0 Å². The highest BCUT2D eigenvalue weighted by atomic mass is 35.5. The number of nitriles is 1. The number of amides is 2. The van der Waals surface area contributed by atoms with Gasteiger partial charge in [0, 0.05) is 30.0 Å². The highest BCUT2D eigenvalue weighted by molar-refractivity contribution is 6.32. The smallest absolute Gasteiger partial charge is 0.242 e. The van der Waals surface area contributed by atoms with Gasteiger partial charge >= 0.3 is 0 Å². The van der Waals surface area contributed by atoms with Crippen molar-refractivity contribution >= 4 is 29.1 Å². The Morgan fingerprint density at radius 2 is 2.03 bits per heavy atom. The minimum Gasteiger partial charge on any atom is -0.353 e. The van der Waals surface area contributed by atoms with Crippen LogP contribution in [0.2, 0.25) is 5.02 Å². The molecule has 0 aliphatic carbocycles. The van der Waals surface area contributed by atoms with E-state index in [-0.39, 0.29) is 23.4 Å². The van der Waals surface area contributed by atoms with Crippen LogP contribution in [0.1, 0.15) is 28.6 Å². The lowest BCUT2D eigenvalue weighted by Gasteiger charge is -2.34. The molecule has 8 nitrogen and oxygen atoms in total. The maximum atomic E-state index is 12.9. The third kappa shape index (κ3) is 4.60. The molecule has 168 valence electrons. The van der Waals surface area contributed by atoms with Crippen molar-refractivity contribution in [3.05, 3.63) is 76.1 Å². The van der Waals surface area contributed by atoms with E-state index in [0.29, 0.717) is 24.3 Å². The first kappa shape index (κ1) is 22.5. The maximum Gasteiger partial charge on any atom is 0.242 e. The average Bonchev–Trinajstić information content (AvgIpc) is 3.08. The molecule has 0 bridgehead atoms. The monoisotopic (exact) mass is 462 g/mol. The molecule has 2 N–H and O–H groups in total. The summed E-state index contributed by atoms with van der Waals surface area (Å²) in [5.41, 5.74) is 4.12. The first-order valence-electron chi connectivity index (χ1n) is 10.5. The zero-order valence-corrected chi connectivity index (χ0v) is 19.1. The molecular formula is C24H23ClN6O2. The van der Waals surface area contributed by atoms with Gasteiger partial charge in [0.15, 0.2) is 0 Å². The molecule has 0 radical (unpaired) electrons. The first-order chi connectivity index (χ1) is 15.9. The van der Waals surface area contributed by atoms with Gasteiger partial charge in [-0.25, -0.2) is 4.68 Å². The van der Waals surface area contributed by atoms with Crippen LogP contribution in [0.25, 0.3) is 5.69 Å². The van der Waals surface area contributed by atoms with Gasteiger partial charge in [-0.2, -0.15) is 10.4 Å². The van der Waals surface area contributed by atoms with Crippen molar-refractivity contribution in [2.45, 2.75) is 19.9 Å². The molecule has 1 aliphatic rings. The standard InChI is InChI=1S/C24H23ClN6O2/c1-15-22(16(2)31(29-15)19-6-4-3-5-7-19)23-24(33)27-10-11-30(23)14-21(32)28-18-9-8-17(13-26)20(25)12-18/h3-9,12,23H,10-11,14H2,1-2H3,(H,27,33)(H,28,32). The molecule has 33 heavy (non-hydrogen) atoms. The Balaban J connectivity index is 1.58. The quantitative estimate of drug-likeness (QED) is 0.606. The van der Waals surface area contributed by atoms with Crippen molar-refractivity contribution in [2.75, 3.05) is 25.0 Å². The number of nitrogens with zero attached hydrogens (tertiary/aromatic N) is 4. The summed E-state index contributed by atoms with van der Waals surface area (Å²) in [7, 11) is 0. The summed E-state index contributed by atoms with van der Waals surface area (Å²) in [4.78, 5) is 27.6. The number of hydrogen-bond donors (Lipinski definition) is 2. The molecule has 4 rings (SSSR count). The van der Waals surface area contributed by atoms with E-state index >= 15 is 0 Å². The Bertz CT molecular complexity index is 1250. The summed E-state index contributed by atoms with van der Waals surface area (Å²) >= 11 is 6.07. The Labute approximate surface area is 196 Å². The topological polar surface area (TPSA) is 103 Å². The number of nitrogens with one attached hydrogen (secondary N) is 2. The summed E-state index contributed by atoms with van der Waals surface area (Å²) in [5, 5.41) is 19.7. The van der Waals surface area contributed by atoms with Crippen molar-refractivity contribution in [2.24, 2.45) is 0 Å². The van der Waals surface area contributed by atoms with Gasteiger partial charge in [0.1, 0.15) is 12.1 Å². The lowest BCUT2D eigenvalue weighted by Crippen LogP contribution is -2.52. The van der Waals surface area contributed by atoms with Crippen molar-refractivity contribution < 1.29 is 9.59 Å². The lowest BCUT2D eigenvalue weighted by atomic mass is 10.00. The van der Waals surface area contributed by atoms with Gasteiger partial charge in [0.25, 0.3) is 0 Å². The number of halogens is 1. The fraction of sp³-hybridized carbons (Fsp3) is 0.250. The van der Waals surface area contributed by atoms with Crippen LogP contribution >= 0.6 is 11.6 Å². The van der Waals surface area contributed by atoms with Gasteiger partial charge < -0.3 is 10.6 Å². The van der Waals surface area contributed by atoms with E-state index in [1.807, 2.05) is 59.8 Å². The van der Waals surface area contributed by atoms with E-state index in [2.05, 4.69) is 15.7 Å². The van der Waals surface area contributed by atoms with E-state index in [0.717, 1.165) is 22.6 Å². The van der Waals surface area contributed by atoms with Gasteiger partial charge in [-0.15, -0.1) is 0 Å². The summed E-state index contributed by atoms with van der Waals surface area (Å²) < 4.78 is 1.82. The number of rotatable bonds is 5. The molecule has 0 saturated carbocycles. The van der Waals surface area contributed by atoms with Crippen LogP contribution in [0.5, 0.6) is 0 Å². The maximum absolute atomic E-state index is 12.9. The van der Waals surface area contributed by atoms with Crippen molar-refractivity contribution in [1.82, 2.24) is 20.0 Å². The minimum absolute atomic E-state index is 0.0190. The van der Waals surface area contributed by atoms with Gasteiger partial charge in [-0.1, -0.05) is 29.8 Å². The fourth-order valence-corrected chi connectivity index (χ4v) is 4.36. The second kappa shape index (κ2) is 9.45. The molecule has 1 fully saturated rings. The summed E-state index contributed by atoms with van der Waals surface area (Å²) in [6, 6.07) is 15.8. The Hall–Kier alpha value is -3.67. The number of hydrogen-bond acceptors (Lipinski definition) is 5. The molecular weight excluding hydrogens is 440 g/mol. The highest BCUT2D eigenvalue weighted by Crippen LogP contribution is 2.30. The van der Waals surface area contributed by atoms with Crippen LogP contribution in [-0.2, 0) is 9.59 Å². The minimum atomic E-state index is -0.633. The average molecular weight is 463 g/mol. The SMILES string of the molecule is Cc1nn(-c2ccccc2)c(C)c1C1C(=O)NCCN1CC(=O)Nc1ccc(C#N)c(Cl)c1. The predicted octanol–water partition coefficient (Wildman–Crippen LogP) is 3.13. The Morgan fingerprint density at radius 3 is 2.73 bits per heavy atom. The zero-order valence-electron chi connectivity index (χ0n) is 18.3. The van der Waals surface area contributed by atoms with E-state index in [4.69, 9.17) is 16.9 Å². The number of benzene rings is 2. The second-order valence-electron chi connectivity index (χ2n) is 7.85. The van der Waals surface area contributed by atoms with Crippen LogP contribution in [0.4, 0.5) is 5.69 Å². The van der Waals surface area contributed by atoms with Gasteiger partial charge in [-0.05, 0) is 44.2 Å². The number of carbonyl (C=O) groups excluding carboxylic acids is 2. The Kier molecular flexibility index (Phi) is 6.45. The summed E-state index contributed by atoms with van der Waals surface area (Å²) in [6.07, 6.45) is 0. The van der Waals surface area contributed by atoms with Crippen molar-refractivity contribution in [3.8, 4) is 11.8 Å². The van der Waals surface area contributed by atoms with Crippen LogP contribution < -0.4 is 10.6 Å². The second-order valence-corrected chi connectivity index (χ2v) is 8.26. The number of aryl methyl sites for hydroxylation is 1. The zero-order chi connectivity index (χ0) is 23.5. The molecule has 1 atom stereocenters. The molecule has 3 aromatic rings. The van der Waals surface area contributed by atoms with Crippen LogP contribution in [0, 0.1) is 25.2 Å². The third-order valence-corrected chi connectivity index (χ3v) is 5.97. The predicted molar refractivity (Wildman–Crippen MR) is 125 cm³/mol. The van der Waals surface area contributed by atoms with Gasteiger partial charge in [0.05, 0.1) is 28.5 Å². The van der Waals surface area contributed by atoms with E-state index in [1.54, 1.807) is 12.1 Å². The number of carbonyl (C=O) groups is 2. The van der Waals surface area contributed by atoms with Gasteiger partial charge in [-0.3, -0.25) is 14.5 Å². The molecule has 1 aromatic heterocycles. The molecule has 0 spiro atoms. The van der Waals surface area contributed by atoms with Crippen molar-refractivity contribution in [3.63, 3.8) is 0 Å². The van der Waals surface area contributed by atoms with Crippen LogP contribution in [-0.4, -0.2) is 46.1 Å². The molecule has 1 saturated heterocycles. The van der Waals surface area contributed by atoms with E-state index in [9.17, 15) is 9.59 Å². The molecule has 2 aromatic carbocycles. The largest absolute Gasteiger partial charge is 0.353 e. The Morgan fingerprint density at radius 1 is 1.27 bits per heavy atom. The number of para-hydroxylation sites is 1. The molecule has 2 amide bonds. The van der Waals surface area contributed by atoms with Crippen LogP contribution in [0.15, 0.2) is 48.5 Å². The van der Waals surface area contributed by atoms with E-state index in [1.165, 1.54) is 6.07 Å². The third-order valence-electron chi connectivity index (χ3n) is 5.65. The number of aromatic nitrogens is 2. The summed E-state index contributed by atoms with van der Waals surface area (Å²) in [6.45, 7) is 4.80. The summed E-state index contributed by atoms with van der Waals surface area (Å²) in [5.74, 6) is -0.435. The molecule has 9 heteroatoms. The van der Waals surface area contributed by atoms with E-state index < -0.39 is 6.04 Å². The van der Waals surface area contributed by atoms with Gasteiger partial charge in [0.2, 0.25) is 11.8 Å². The molecule has 2 heterocycles. The first-order valence-corrected chi connectivity index (χ1v) is 10.9. The molecule has 1 aliphatic heterocycles. The molecule has 1 unspecified atom stereocenters. The number of piperazine rings is 1.